The van der Waals surface area contributed by atoms with Gasteiger partial charge in [-0.15, -0.1) is 0 Å². The van der Waals surface area contributed by atoms with Crippen LogP contribution in [0.4, 0.5) is 17.1 Å². The van der Waals surface area contributed by atoms with Crippen molar-refractivity contribution in [3.63, 3.8) is 0 Å². The van der Waals surface area contributed by atoms with Gasteiger partial charge < -0.3 is 14.6 Å². The molecule has 120 valence electrons. The van der Waals surface area contributed by atoms with Gasteiger partial charge in [0.25, 0.3) is 0 Å². The topological polar surface area (TPSA) is 19.7 Å². The van der Waals surface area contributed by atoms with E-state index in [4.69, 9.17) is 0 Å². The monoisotopic (exact) mass is 315 g/mol. The average Bonchev–Trinajstić information content (AvgIpc) is 3.06. The lowest BCUT2D eigenvalue weighted by atomic mass is 10.1. The second-order valence-corrected chi connectivity index (χ2v) is 6.34. The largest absolute Gasteiger partial charge is 0.375 e. The quantitative estimate of drug-likeness (QED) is 0.560. The fraction of sp³-hybridized carbons (Fsp3) is 0.143. The van der Waals surface area contributed by atoms with Crippen molar-refractivity contribution in [1.29, 1.82) is 0 Å². The molecule has 0 aliphatic heterocycles. The summed E-state index contributed by atoms with van der Waals surface area (Å²) in [6, 6.07) is 21.2. The molecule has 2 aromatic carbocycles. The normalized spacial score (nSPS) is 11.1. The summed E-state index contributed by atoms with van der Waals surface area (Å²) in [4.78, 5) is 2.19. The zero-order valence-electron chi connectivity index (χ0n) is 14.2. The first-order chi connectivity index (χ1) is 11.7. The van der Waals surface area contributed by atoms with Gasteiger partial charge in [-0.3, -0.25) is 0 Å². The number of rotatable bonds is 3. The van der Waals surface area contributed by atoms with E-state index in [1.807, 2.05) is 0 Å². The molecule has 0 radical (unpaired) electrons. The van der Waals surface area contributed by atoms with E-state index in [0.717, 1.165) is 11.4 Å². The number of aromatic nitrogens is 1. The number of para-hydroxylation sites is 2. The number of pyridine rings is 1. The van der Waals surface area contributed by atoms with Crippen LogP contribution in [0.3, 0.4) is 0 Å². The predicted molar refractivity (Wildman–Crippen MR) is 104 cm³/mol. The second-order valence-electron chi connectivity index (χ2n) is 6.34. The molecule has 4 aromatic rings. The number of hydrogen-bond donors (Lipinski definition) is 1. The minimum absolute atomic E-state index is 1.14. The van der Waals surface area contributed by atoms with Gasteiger partial charge in [0, 0.05) is 31.4 Å². The maximum atomic E-state index is 3.68. The molecule has 2 aromatic heterocycles. The van der Waals surface area contributed by atoms with E-state index in [0.29, 0.717) is 0 Å². The smallest absolute Gasteiger partial charge is 0.0873 e. The van der Waals surface area contributed by atoms with Crippen molar-refractivity contribution in [3.8, 4) is 0 Å². The standard InChI is InChI=1S/C21H21N3/c1-15-9-4-6-11-17(15)22-20-19-13-8-14-24(19)18-12-7-5-10-16(18)21(20)23(2)3/h4-14,22H,1-3H3. The molecule has 0 saturated carbocycles. The summed E-state index contributed by atoms with van der Waals surface area (Å²) in [5.41, 5.74) is 7.12. The van der Waals surface area contributed by atoms with Crippen molar-refractivity contribution in [2.75, 3.05) is 24.3 Å². The number of hydrogen-bond acceptors (Lipinski definition) is 2. The van der Waals surface area contributed by atoms with E-state index in [9.17, 15) is 0 Å². The van der Waals surface area contributed by atoms with Crippen LogP contribution in [0.1, 0.15) is 5.56 Å². The van der Waals surface area contributed by atoms with Crippen molar-refractivity contribution in [1.82, 2.24) is 4.40 Å². The fourth-order valence-electron chi connectivity index (χ4n) is 3.37. The lowest BCUT2D eigenvalue weighted by Gasteiger charge is -2.23. The molecule has 0 bridgehead atoms. The van der Waals surface area contributed by atoms with E-state index in [2.05, 4.69) is 102 Å². The Labute approximate surface area is 142 Å². The van der Waals surface area contributed by atoms with Gasteiger partial charge in [-0.25, -0.2) is 0 Å². The number of anilines is 3. The minimum atomic E-state index is 1.14. The lowest BCUT2D eigenvalue weighted by molar-refractivity contribution is 1.13. The molecule has 0 amide bonds. The maximum Gasteiger partial charge on any atom is 0.0873 e. The van der Waals surface area contributed by atoms with Crippen LogP contribution >= 0.6 is 0 Å². The van der Waals surface area contributed by atoms with Crippen LogP contribution < -0.4 is 10.2 Å². The van der Waals surface area contributed by atoms with Crippen molar-refractivity contribution >= 4 is 33.5 Å². The van der Waals surface area contributed by atoms with Crippen LogP contribution in [0.5, 0.6) is 0 Å². The third-order valence-corrected chi connectivity index (χ3v) is 4.51. The van der Waals surface area contributed by atoms with E-state index in [-0.39, 0.29) is 0 Å². The van der Waals surface area contributed by atoms with Gasteiger partial charge in [0.05, 0.1) is 22.4 Å². The van der Waals surface area contributed by atoms with E-state index >= 15 is 0 Å². The molecular formula is C21H21N3. The summed E-state index contributed by atoms with van der Waals surface area (Å²) in [5.74, 6) is 0. The number of aryl methyl sites for hydroxylation is 1. The van der Waals surface area contributed by atoms with Gasteiger partial charge in [-0.1, -0.05) is 36.4 Å². The van der Waals surface area contributed by atoms with Gasteiger partial charge >= 0.3 is 0 Å². The molecule has 3 heteroatoms. The highest BCUT2D eigenvalue weighted by atomic mass is 15.1. The average molecular weight is 315 g/mol. The molecule has 0 aliphatic rings. The van der Waals surface area contributed by atoms with Crippen LogP contribution in [-0.4, -0.2) is 18.5 Å². The molecule has 4 rings (SSSR count). The number of fused-ring (bicyclic) bond motifs is 3. The Balaban J connectivity index is 2.07. The molecule has 3 nitrogen and oxygen atoms in total. The van der Waals surface area contributed by atoms with Gasteiger partial charge in [-0.05, 0) is 36.8 Å². The first kappa shape index (κ1) is 14.6. The molecule has 0 saturated heterocycles. The maximum absolute atomic E-state index is 3.68. The third kappa shape index (κ3) is 2.21. The van der Waals surface area contributed by atoms with Crippen LogP contribution in [0, 0.1) is 6.92 Å². The third-order valence-electron chi connectivity index (χ3n) is 4.51. The zero-order valence-corrected chi connectivity index (χ0v) is 14.2. The molecule has 2 heterocycles. The molecule has 0 atom stereocenters. The highest BCUT2D eigenvalue weighted by molar-refractivity contribution is 6.06. The van der Waals surface area contributed by atoms with Crippen LogP contribution in [0.2, 0.25) is 0 Å². The van der Waals surface area contributed by atoms with Gasteiger partial charge in [0.2, 0.25) is 0 Å². The summed E-state index contributed by atoms with van der Waals surface area (Å²) in [6.45, 7) is 2.13. The van der Waals surface area contributed by atoms with Crippen LogP contribution in [0.15, 0.2) is 66.9 Å². The van der Waals surface area contributed by atoms with E-state index in [1.54, 1.807) is 0 Å². The Kier molecular flexibility index (Phi) is 3.42. The summed E-state index contributed by atoms with van der Waals surface area (Å²) in [5, 5.41) is 4.92. The zero-order chi connectivity index (χ0) is 16.7. The number of nitrogens with zero attached hydrogens (tertiary/aromatic N) is 2. The fourth-order valence-corrected chi connectivity index (χ4v) is 3.37. The first-order valence-electron chi connectivity index (χ1n) is 8.18. The summed E-state index contributed by atoms with van der Waals surface area (Å²) < 4.78 is 2.25. The van der Waals surface area contributed by atoms with Crippen molar-refractivity contribution in [2.24, 2.45) is 0 Å². The van der Waals surface area contributed by atoms with Crippen molar-refractivity contribution in [3.05, 3.63) is 72.4 Å². The summed E-state index contributed by atoms with van der Waals surface area (Å²) in [7, 11) is 4.20. The molecule has 0 fully saturated rings. The minimum Gasteiger partial charge on any atom is -0.375 e. The summed E-state index contributed by atoms with van der Waals surface area (Å²) in [6.07, 6.45) is 2.13. The molecule has 24 heavy (non-hydrogen) atoms. The molecule has 0 unspecified atom stereocenters. The van der Waals surface area contributed by atoms with Gasteiger partial charge in [0.1, 0.15) is 0 Å². The Hall–Kier alpha value is -2.94. The number of benzene rings is 2. The highest BCUT2D eigenvalue weighted by Gasteiger charge is 2.16. The predicted octanol–water partition coefficient (Wildman–Crippen LogP) is 5.21. The highest BCUT2D eigenvalue weighted by Crippen LogP contribution is 2.39. The molecule has 0 aliphatic carbocycles. The SMILES string of the molecule is Cc1ccccc1Nc1c(N(C)C)c2ccccc2n2cccc12. The van der Waals surface area contributed by atoms with Crippen molar-refractivity contribution < 1.29 is 0 Å². The Bertz CT molecular complexity index is 1030. The van der Waals surface area contributed by atoms with Crippen molar-refractivity contribution in [2.45, 2.75) is 6.92 Å². The van der Waals surface area contributed by atoms with Gasteiger partial charge in [-0.2, -0.15) is 0 Å². The Morgan fingerprint density at radius 2 is 1.54 bits per heavy atom. The second kappa shape index (κ2) is 5.60. The molecule has 0 spiro atoms. The molecule has 1 N–H and O–H groups in total. The summed E-state index contributed by atoms with van der Waals surface area (Å²) >= 11 is 0. The van der Waals surface area contributed by atoms with Gasteiger partial charge in [0.15, 0.2) is 0 Å². The Morgan fingerprint density at radius 1 is 0.833 bits per heavy atom. The van der Waals surface area contributed by atoms with Crippen LogP contribution in [0.25, 0.3) is 16.4 Å². The Morgan fingerprint density at radius 3 is 2.33 bits per heavy atom. The number of nitrogens with one attached hydrogen (secondary N) is 1. The lowest BCUT2D eigenvalue weighted by Crippen LogP contribution is -2.13. The first-order valence-corrected chi connectivity index (χ1v) is 8.18. The van der Waals surface area contributed by atoms with E-state index < -0.39 is 0 Å². The van der Waals surface area contributed by atoms with E-state index in [1.165, 1.54) is 27.7 Å². The molecular weight excluding hydrogens is 294 g/mol. The van der Waals surface area contributed by atoms with Crippen LogP contribution in [-0.2, 0) is 0 Å².